The number of carbonyl (C=O) groups excluding carboxylic acids is 1. The molecule has 2 heterocycles. The van der Waals surface area contributed by atoms with Crippen LogP contribution >= 0.6 is 23.7 Å². The van der Waals surface area contributed by atoms with Crippen molar-refractivity contribution in [3.63, 3.8) is 0 Å². The summed E-state index contributed by atoms with van der Waals surface area (Å²) in [6.07, 6.45) is 0.973. The fraction of sp³-hybridized carbons (Fsp3) is 0.583. The first-order valence-corrected chi connectivity index (χ1v) is 6.59. The lowest BCUT2D eigenvalue weighted by atomic mass is 10.1. The van der Waals surface area contributed by atoms with Crippen molar-refractivity contribution in [3.8, 4) is 0 Å². The van der Waals surface area contributed by atoms with Gasteiger partial charge in [0.05, 0.1) is 12.0 Å². The quantitative estimate of drug-likeness (QED) is 0.917. The highest BCUT2D eigenvalue weighted by Crippen LogP contribution is 2.25. The monoisotopic (exact) mass is 274 g/mol. The molecule has 1 aliphatic heterocycles. The van der Waals surface area contributed by atoms with E-state index in [1.165, 1.54) is 4.88 Å². The van der Waals surface area contributed by atoms with Gasteiger partial charge >= 0.3 is 0 Å². The molecule has 0 saturated carbocycles. The molecule has 1 fully saturated rings. The van der Waals surface area contributed by atoms with Crippen LogP contribution in [0.4, 0.5) is 0 Å². The van der Waals surface area contributed by atoms with E-state index in [1.807, 2.05) is 18.0 Å². The fourth-order valence-corrected chi connectivity index (χ4v) is 2.89. The molecule has 1 aromatic rings. The van der Waals surface area contributed by atoms with Crippen molar-refractivity contribution in [3.05, 3.63) is 22.4 Å². The number of thiophene rings is 1. The molecular formula is C12H19ClN2OS. The molecule has 2 atom stereocenters. The van der Waals surface area contributed by atoms with E-state index in [2.05, 4.69) is 23.7 Å². The lowest BCUT2D eigenvalue weighted by Gasteiger charge is -2.26. The van der Waals surface area contributed by atoms with Gasteiger partial charge in [-0.2, -0.15) is 0 Å². The maximum Gasteiger partial charge on any atom is 0.227 e. The Morgan fingerprint density at radius 2 is 2.41 bits per heavy atom. The molecule has 0 radical (unpaired) electrons. The van der Waals surface area contributed by atoms with Crippen LogP contribution in [0, 0.1) is 5.92 Å². The van der Waals surface area contributed by atoms with Gasteiger partial charge in [-0.25, -0.2) is 0 Å². The molecule has 0 aliphatic carbocycles. The predicted octanol–water partition coefficient (Wildman–Crippen LogP) is 2.30. The number of carbonyl (C=O) groups is 1. The van der Waals surface area contributed by atoms with Gasteiger partial charge in [-0.1, -0.05) is 6.07 Å². The summed E-state index contributed by atoms with van der Waals surface area (Å²) in [5, 5.41) is 5.29. The molecule has 96 valence electrons. The molecule has 2 rings (SSSR count). The van der Waals surface area contributed by atoms with Gasteiger partial charge in [0.1, 0.15) is 0 Å². The Labute approximate surface area is 113 Å². The Morgan fingerprint density at radius 3 is 2.94 bits per heavy atom. The summed E-state index contributed by atoms with van der Waals surface area (Å²) in [7, 11) is 1.91. The van der Waals surface area contributed by atoms with Gasteiger partial charge < -0.3 is 10.2 Å². The molecule has 2 unspecified atom stereocenters. The van der Waals surface area contributed by atoms with E-state index >= 15 is 0 Å². The van der Waals surface area contributed by atoms with E-state index in [0.717, 1.165) is 19.5 Å². The van der Waals surface area contributed by atoms with Crippen molar-refractivity contribution in [2.75, 3.05) is 20.1 Å². The minimum atomic E-state index is 0. The van der Waals surface area contributed by atoms with Crippen molar-refractivity contribution < 1.29 is 4.79 Å². The van der Waals surface area contributed by atoms with Gasteiger partial charge in [-0.05, 0) is 31.3 Å². The lowest BCUT2D eigenvalue weighted by molar-refractivity contribution is -0.135. The molecular weight excluding hydrogens is 256 g/mol. The number of halogens is 1. The Balaban J connectivity index is 0.00000144. The van der Waals surface area contributed by atoms with Crippen LogP contribution in [-0.4, -0.2) is 30.9 Å². The van der Waals surface area contributed by atoms with E-state index in [1.54, 1.807) is 11.3 Å². The first-order valence-electron chi connectivity index (χ1n) is 5.71. The lowest BCUT2D eigenvalue weighted by Crippen LogP contribution is -2.35. The average Bonchev–Trinajstić information content (AvgIpc) is 2.97. The minimum absolute atomic E-state index is 0. The third-order valence-corrected chi connectivity index (χ3v) is 4.34. The average molecular weight is 275 g/mol. The van der Waals surface area contributed by atoms with Crippen LogP contribution in [0.1, 0.15) is 24.3 Å². The highest BCUT2D eigenvalue weighted by atomic mass is 35.5. The van der Waals surface area contributed by atoms with Crippen molar-refractivity contribution in [2.45, 2.75) is 19.4 Å². The van der Waals surface area contributed by atoms with Crippen LogP contribution in [0.25, 0.3) is 0 Å². The van der Waals surface area contributed by atoms with Crippen molar-refractivity contribution in [1.82, 2.24) is 10.2 Å². The Kier molecular flexibility index (Phi) is 5.43. The summed E-state index contributed by atoms with van der Waals surface area (Å²) in [6, 6.07) is 4.31. The maximum absolute atomic E-state index is 12.2. The van der Waals surface area contributed by atoms with Crippen molar-refractivity contribution in [1.29, 1.82) is 0 Å². The van der Waals surface area contributed by atoms with Crippen LogP contribution in [0.5, 0.6) is 0 Å². The Hall–Kier alpha value is -0.580. The molecule has 17 heavy (non-hydrogen) atoms. The van der Waals surface area contributed by atoms with Gasteiger partial charge in [0.25, 0.3) is 0 Å². The first-order chi connectivity index (χ1) is 7.70. The van der Waals surface area contributed by atoms with Crippen LogP contribution in [0.15, 0.2) is 17.5 Å². The normalized spacial score (nSPS) is 20.7. The third kappa shape index (κ3) is 3.21. The highest BCUT2D eigenvalue weighted by molar-refractivity contribution is 7.10. The van der Waals surface area contributed by atoms with Crippen LogP contribution in [0.2, 0.25) is 0 Å². The van der Waals surface area contributed by atoms with Gasteiger partial charge in [0, 0.05) is 18.5 Å². The van der Waals surface area contributed by atoms with Crippen LogP contribution in [0.3, 0.4) is 0 Å². The van der Waals surface area contributed by atoms with E-state index in [-0.39, 0.29) is 30.3 Å². The molecule has 1 N–H and O–H groups in total. The largest absolute Gasteiger partial charge is 0.338 e. The van der Waals surface area contributed by atoms with Gasteiger partial charge in [0.15, 0.2) is 0 Å². The highest BCUT2D eigenvalue weighted by Gasteiger charge is 2.28. The Morgan fingerprint density at radius 1 is 1.65 bits per heavy atom. The summed E-state index contributed by atoms with van der Waals surface area (Å²) >= 11 is 1.71. The Bertz CT molecular complexity index is 349. The molecule has 1 aliphatic rings. The summed E-state index contributed by atoms with van der Waals surface area (Å²) in [6.45, 7) is 3.89. The minimum Gasteiger partial charge on any atom is -0.338 e. The zero-order valence-electron chi connectivity index (χ0n) is 10.2. The van der Waals surface area contributed by atoms with E-state index < -0.39 is 0 Å². The zero-order valence-corrected chi connectivity index (χ0v) is 11.8. The molecule has 0 bridgehead atoms. The molecule has 1 amide bonds. The molecule has 0 spiro atoms. The van der Waals surface area contributed by atoms with Gasteiger partial charge in [0.2, 0.25) is 5.91 Å². The molecule has 1 saturated heterocycles. The number of amides is 1. The topological polar surface area (TPSA) is 32.3 Å². The second-order valence-corrected chi connectivity index (χ2v) is 5.31. The predicted molar refractivity (Wildman–Crippen MR) is 73.7 cm³/mol. The number of hydrogen-bond donors (Lipinski definition) is 1. The molecule has 1 aromatic heterocycles. The van der Waals surface area contributed by atoms with E-state index in [0.29, 0.717) is 0 Å². The van der Waals surface area contributed by atoms with Crippen LogP contribution < -0.4 is 5.32 Å². The standard InChI is InChI=1S/C12H18N2OS.ClH/c1-9(11-4-3-7-16-11)14(2)12(15)10-5-6-13-8-10;/h3-4,7,9-10,13H,5-6,8H2,1-2H3;1H. The van der Waals surface area contributed by atoms with E-state index in [4.69, 9.17) is 0 Å². The second-order valence-electron chi connectivity index (χ2n) is 4.33. The van der Waals surface area contributed by atoms with Crippen LogP contribution in [-0.2, 0) is 4.79 Å². The van der Waals surface area contributed by atoms with Gasteiger partial charge in [-0.3, -0.25) is 4.79 Å². The summed E-state index contributed by atoms with van der Waals surface area (Å²) in [4.78, 5) is 15.3. The number of nitrogens with zero attached hydrogens (tertiary/aromatic N) is 1. The SMILES string of the molecule is CC(c1cccs1)N(C)C(=O)C1CCNC1.Cl. The number of hydrogen-bond acceptors (Lipinski definition) is 3. The zero-order chi connectivity index (χ0) is 11.5. The third-order valence-electron chi connectivity index (χ3n) is 3.29. The maximum atomic E-state index is 12.2. The second kappa shape index (κ2) is 6.38. The summed E-state index contributed by atoms with van der Waals surface area (Å²) in [5.41, 5.74) is 0. The number of nitrogens with one attached hydrogen (secondary N) is 1. The molecule has 5 heteroatoms. The van der Waals surface area contributed by atoms with E-state index in [9.17, 15) is 4.79 Å². The number of rotatable bonds is 3. The summed E-state index contributed by atoms with van der Waals surface area (Å²) < 4.78 is 0. The van der Waals surface area contributed by atoms with Crippen molar-refractivity contribution >= 4 is 29.7 Å². The fourth-order valence-electron chi connectivity index (χ4n) is 2.06. The van der Waals surface area contributed by atoms with Crippen molar-refractivity contribution in [2.24, 2.45) is 5.92 Å². The first kappa shape index (κ1) is 14.5. The smallest absolute Gasteiger partial charge is 0.227 e. The molecule has 0 aromatic carbocycles. The molecule has 3 nitrogen and oxygen atoms in total. The van der Waals surface area contributed by atoms with Gasteiger partial charge in [-0.15, -0.1) is 23.7 Å². The summed E-state index contributed by atoms with van der Waals surface area (Å²) in [5.74, 6) is 0.443.